The number of fused-ring (bicyclic) bond motifs is 1. The number of hydrogen-bond acceptors (Lipinski definition) is 3. The smallest absolute Gasteiger partial charge is 0.238 e. The van der Waals surface area contributed by atoms with Crippen molar-refractivity contribution in [3.8, 4) is 0 Å². The zero-order chi connectivity index (χ0) is 15.0. The van der Waals surface area contributed by atoms with Crippen LogP contribution in [0.4, 0.5) is 5.69 Å². The average molecular weight is 302 g/mol. The third-order valence-corrected chi connectivity index (χ3v) is 4.83. The minimum absolute atomic E-state index is 0.135. The van der Waals surface area contributed by atoms with E-state index in [0.29, 0.717) is 0 Å². The van der Waals surface area contributed by atoms with Crippen LogP contribution in [0.15, 0.2) is 47.4 Å². The molecule has 0 saturated heterocycles. The first-order chi connectivity index (χ1) is 9.93. The molecule has 0 amide bonds. The fraction of sp³-hybridized carbons (Fsp3) is 0.250. The molecule has 4 nitrogen and oxygen atoms in total. The lowest BCUT2D eigenvalue weighted by Gasteiger charge is -2.16. The fourth-order valence-corrected chi connectivity index (χ4v) is 3.33. The van der Waals surface area contributed by atoms with Gasteiger partial charge in [-0.1, -0.05) is 23.8 Å². The Balaban J connectivity index is 1.82. The lowest BCUT2D eigenvalue weighted by Crippen LogP contribution is -2.12. The second-order valence-corrected chi connectivity index (χ2v) is 7.07. The Kier molecular flexibility index (Phi) is 3.47. The standard InChI is InChI=1S/C16H18N2O2S/c1-11-2-3-12-4-9-16(15(12)10-11)18-13-5-7-14(8-6-13)21(17,19)20/h2-3,5-8,10,16,18H,4,9H2,1H3,(H2,17,19,20). The summed E-state index contributed by atoms with van der Waals surface area (Å²) < 4.78 is 22.5. The predicted octanol–water partition coefficient (Wildman–Crippen LogP) is 2.74. The SMILES string of the molecule is Cc1ccc2c(c1)C(Nc1ccc(S(N)(=O)=O)cc1)CC2. The number of sulfonamides is 1. The molecule has 110 valence electrons. The number of hydrogen-bond donors (Lipinski definition) is 2. The van der Waals surface area contributed by atoms with Crippen LogP contribution in [0.1, 0.15) is 29.2 Å². The van der Waals surface area contributed by atoms with Crippen LogP contribution in [0.3, 0.4) is 0 Å². The molecule has 0 saturated carbocycles. The number of rotatable bonds is 3. The van der Waals surface area contributed by atoms with Crippen LogP contribution in [0.2, 0.25) is 0 Å². The maximum atomic E-state index is 11.2. The van der Waals surface area contributed by atoms with Crippen molar-refractivity contribution in [3.05, 3.63) is 59.2 Å². The molecular weight excluding hydrogens is 284 g/mol. The van der Waals surface area contributed by atoms with Crippen LogP contribution in [0.25, 0.3) is 0 Å². The van der Waals surface area contributed by atoms with Crippen molar-refractivity contribution in [2.24, 2.45) is 5.14 Å². The van der Waals surface area contributed by atoms with Crippen LogP contribution in [-0.4, -0.2) is 8.42 Å². The topological polar surface area (TPSA) is 72.2 Å². The third kappa shape index (κ3) is 2.94. The van der Waals surface area contributed by atoms with E-state index in [-0.39, 0.29) is 10.9 Å². The Labute approximate surface area is 125 Å². The molecule has 1 atom stereocenters. The molecule has 0 aromatic heterocycles. The highest BCUT2D eigenvalue weighted by Gasteiger charge is 2.22. The van der Waals surface area contributed by atoms with Gasteiger partial charge in [0.15, 0.2) is 0 Å². The van der Waals surface area contributed by atoms with Crippen molar-refractivity contribution in [1.29, 1.82) is 0 Å². The van der Waals surface area contributed by atoms with E-state index in [1.165, 1.54) is 28.8 Å². The van der Waals surface area contributed by atoms with E-state index in [2.05, 4.69) is 30.4 Å². The van der Waals surface area contributed by atoms with Gasteiger partial charge in [0.25, 0.3) is 0 Å². The van der Waals surface area contributed by atoms with Gasteiger partial charge in [0, 0.05) is 5.69 Å². The predicted molar refractivity (Wildman–Crippen MR) is 83.7 cm³/mol. The Hall–Kier alpha value is -1.85. The second-order valence-electron chi connectivity index (χ2n) is 5.51. The minimum Gasteiger partial charge on any atom is -0.378 e. The molecule has 0 spiro atoms. The Morgan fingerprint density at radius 1 is 1.14 bits per heavy atom. The molecule has 0 aliphatic heterocycles. The van der Waals surface area contributed by atoms with Crippen LogP contribution in [-0.2, 0) is 16.4 Å². The first-order valence-corrected chi connectivity index (χ1v) is 8.47. The third-order valence-electron chi connectivity index (χ3n) is 3.90. The summed E-state index contributed by atoms with van der Waals surface area (Å²) in [6.45, 7) is 2.09. The lowest BCUT2D eigenvalue weighted by atomic mass is 10.0. The fourth-order valence-electron chi connectivity index (χ4n) is 2.81. The molecule has 0 radical (unpaired) electrons. The second kappa shape index (κ2) is 5.16. The van der Waals surface area contributed by atoms with Crippen molar-refractivity contribution >= 4 is 15.7 Å². The summed E-state index contributed by atoms with van der Waals surface area (Å²) in [7, 11) is -3.63. The summed E-state index contributed by atoms with van der Waals surface area (Å²) >= 11 is 0. The number of nitrogens with two attached hydrogens (primary N) is 1. The molecule has 1 unspecified atom stereocenters. The summed E-state index contributed by atoms with van der Waals surface area (Å²) in [5.41, 5.74) is 4.89. The molecule has 21 heavy (non-hydrogen) atoms. The first kappa shape index (κ1) is 14.1. The summed E-state index contributed by atoms with van der Waals surface area (Å²) in [5.74, 6) is 0. The van der Waals surface area contributed by atoms with E-state index >= 15 is 0 Å². The highest BCUT2D eigenvalue weighted by molar-refractivity contribution is 7.89. The van der Waals surface area contributed by atoms with Gasteiger partial charge < -0.3 is 5.32 Å². The van der Waals surface area contributed by atoms with Crippen molar-refractivity contribution in [1.82, 2.24) is 0 Å². The van der Waals surface area contributed by atoms with Gasteiger partial charge >= 0.3 is 0 Å². The molecule has 3 N–H and O–H groups in total. The van der Waals surface area contributed by atoms with E-state index in [9.17, 15) is 8.42 Å². The van der Waals surface area contributed by atoms with Gasteiger partial charge in [-0.15, -0.1) is 0 Å². The molecule has 5 heteroatoms. The first-order valence-electron chi connectivity index (χ1n) is 6.92. The van der Waals surface area contributed by atoms with E-state index < -0.39 is 10.0 Å². The molecule has 1 aliphatic rings. The zero-order valence-corrected chi connectivity index (χ0v) is 12.7. The molecule has 0 bridgehead atoms. The van der Waals surface area contributed by atoms with E-state index in [1.807, 2.05) is 0 Å². The van der Waals surface area contributed by atoms with Gasteiger partial charge in [0.1, 0.15) is 0 Å². The van der Waals surface area contributed by atoms with Gasteiger partial charge in [-0.2, -0.15) is 0 Å². The average Bonchev–Trinajstić information content (AvgIpc) is 2.81. The van der Waals surface area contributed by atoms with Crippen molar-refractivity contribution in [2.45, 2.75) is 30.7 Å². The monoisotopic (exact) mass is 302 g/mol. The Bertz CT molecular complexity index is 767. The molecule has 2 aromatic carbocycles. The van der Waals surface area contributed by atoms with Crippen LogP contribution < -0.4 is 10.5 Å². The molecule has 1 aliphatic carbocycles. The number of anilines is 1. The number of primary sulfonamides is 1. The molecule has 0 heterocycles. The van der Waals surface area contributed by atoms with Gasteiger partial charge in [0.05, 0.1) is 10.9 Å². The molecule has 2 aromatic rings. The van der Waals surface area contributed by atoms with Gasteiger partial charge in [-0.05, 0) is 55.2 Å². The molecule has 0 fully saturated rings. The summed E-state index contributed by atoms with van der Waals surface area (Å²) in [5, 5.41) is 8.57. The summed E-state index contributed by atoms with van der Waals surface area (Å²) in [6, 6.07) is 13.4. The Morgan fingerprint density at radius 3 is 2.52 bits per heavy atom. The minimum atomic E-state index is -3.63. The lowest BCUT2D eigenvalue weighted by molar-refractivity contribution is 0.598. The number of benzene rings is 2. The van der Waals surface area contributed by atoms with Gasteiger partial charge in [0.2, 0.25) is 10.0 Å². The Morgan fingerprint density at radius 2 is 1.86 bits per heavy atom. The molecular formula is C16H18N2O2S. The van der Waals surface area contributed by atoms with Crippen molar-refractivity contribution < 1.29 is 8.42 Å². The van der Waals surface area contributed by atoms with Crippen LogP contribution in [0.5, 0.6) is 0 Å². The van der Waals surface area contributed by atoms with Gasteiger partial charge in [-0.3, -0.25) is 0 Å². The van der Waals surface area contributed by atoms with Gasteiger partial charge in [-0.25, -0.2) is 13.6 Å². The highest BCUT2D eigenvalue weighted by atomic mass is 32.2. The van der Waals surface area contributed by atoms with E-state index in [1.54, 1.807) is 12.1 Å². The maximum absolute atomic E-state index is 11.2. The van der Waals surface area contributed by atoms with E-state index in [0.717, 1.165) is 18.5 Å². The quantitative estimate of drug-likeness (QED) is 0.915. The van der Waals surface area contributed by atoms with Crippen LogP contribution in [0, 0.1) is 6.92 Å². The largest absolute Gasteiger partial charge is 0.378 e. The van der Waals surface area contributed by atoms with Crippen molar-refractivity contribution in [2.75, 3.05) is 5.32 Å². The van der Waals surface area contributed by atoms with E-state index in [4.69, 9.17) is 5.14 Å². The maximum Gasteiger partial charge on any atom is 0.238 e. The summed E-state index contributed by atoms with van der Waals surface area (Å²) in [4.78, 5) is 0.135. The highest BCUT2D eigenvalue weighted by Crippen LogP contribution is 2.34. The summed E-state index contributed by atoms with van der Waals surface area (Å²) in [6.07, 6.45) is 2.12. The molecule has 3 rings (SSSR count). The zero-order valence-electron chi connectivity index (χ0n) is 11.8. The number of aryl methyl sites for hydroxylation is 2. The van der Waals surface area contributed by atoms with Crippen molar-refractivity contribution in [3.63, 3.8) is 0 Å². The normalized spacial score (nSPS) is 17.5. The van der Waals surface area contributed by atoms with Crippen LogP contribution >= 0.6 is 0 Å². The number of nitrogens with one attached hydrogen (secondary N) is 1.